The Morgan fingerprint density at radius 1 is 1.25 bits per heavy atom. The normalized spacial score (nSPS) is 10.5. The molecule has 1 aromatic carbocycles. The first-order chi connectivity index (χ1) is 11.2. The number of nitrogen functional groups attached to an aromatic ring is 1. The molecule has 0 saturated heterocycles. The van der Waals surface area contributed by atoms with Gasteiger partial charge in [-0.15, -0.1) is 0 Å². The molecule has 0 amide bonds. The van der Waals surface area contributed by atoms with Crippen molar-refractivity contribution >= 4 is 56.3 Å². The molecule has 0 aliphatic carbocycles. The van der Waals surface area contributed by atoms with Crippen molar-refractivity contribution in [2.24, 2.45) is 0 Å². The van der Waals surface area contributed by atoms with Crippen LogP contribution >= 0.6 is 38.5 Å². The number of carboxylic acid groups (broad SMARTS) is 2. The van der Waals surface area contributed by atoms with Crippen LogP contribution in [0, 0.1) is 3.57 Å². The molecule has 5 N–H and O–H groups in total. The number of pyridine rings is 1. The molecule has 0 bridgehead atoms. The smallest absolute Gasteiger partial charge is 0.342 e. The summed E-state index contributed by atoms with van der Waals surface area (Å²) in [5.41, 5.74) is 3.34. The Bertz CT molecular complexity index is 924. The largest absolute Gasteiger partial charge is 0.496 e. The van der Waals surface area contributed by atoms with E-state index >= 15 is 0 Å². The van der Waals surface area contributed by atoms with Gasteiger partial charge >= 0.3 is 11.9 Å². The fourth-order valence-corrected chi connectivity index (χ4v) is 3.40. The highest BCUT2D eigenvalue weighted by molar-refractivity contribution is 14.1. The summed E-state index contributed by atoms with van der Waals surface area (Å²) in [5.74, 6) is -2.95. The lowest BCUT2D eigenvalue weighted by Crippen LogP contribution is -2.24. The molecule has 10 heteroatoms. The maximum atomic E-state index is 12.0. The maximum Gasteiger partial charge on any atom is 0.342 e. The molecule has 0 aliphatic heterocycles. The summed E-state index contributed by atoms with van der Waals surface area (Å²) in [4.78, 5) is 37.2. The number of carboxylic acids is 2. The van der Waals surface area contributed by atoms with Gasteiger partial charge in [0.15, 0.2) is 0 Å². The van der Waals surface area contributed by atoms with Gasteiger partial charge in [-0.3, -0.25) is 4.79 Å². The SMILES string of the molecule is COc1cc(Br)c(-c2c(C(=O)O)c(N)[nH]c(=O)c2C(=O)O)cc1I. The number of methoxy groups -OCH3 is 1. The van der Waals surface area contributed by atoms with E-state index in [9.17, 15) is 24.6 Å². The second-order valence-electron chi connectivity index (χ2n) is 4.57. The summed E-state index contributed by atoms with van der Waals surface area (Å²) in [6.07, 6.45) is 0. The number of carbonyl (C=O) groups is 2. The molecule has 1 aromatic heterocycles. The summed E-state index contributed by atoms with van der Waals surface area (Å²) in [6.45, 7) is 0. The third kappa shape index (κ3) is 3.11. The Hall–Kier alpha value is -2.08. The number of ether oxygens (including phenoxy) is 1. The van der Waals surface area contributed by atoms with Crippen LogP contribution in [0.1, 0.15) is 20.7 Å². The molecule has 2 aromatic rings. The van der Waals surface area contributed by atoms with Crippen molar-refractivity contribution in [2.75, 3.05) is 12.8 Å². The van der Waals surface area contributed by atoms with E-state index in [2.05, 4.69) is 20.9 Å². The number of aromatic amines is 1. The van der Waals surface area contributed by atoms with Crippen LogP contribution in [-0.4, -0.2) is 34.2 Å². The van der Waals surface area contributed by atoms with Crippen molar-refractivity contribution in [1.82, 2.24) is 4.98 Å². The molecule has 0 fully saturated rings. The molecule has 0 spiro atoms. The van der Waals surface area contributed by atoms with Gasteiger partial charge in [-0.1, -0.05) is 15.9 Å². The number of aromatic nitrogens is 1. The number of hydrogen-bond acceptors (Lipinski definition) is 5. The average molecular weight is 509 g/mol. The predicted molar refractivity (Wildman–Crippen MR) is 97.8 cm³/mol. The number of nitrogens with one attached hydrogen (secondary N) is 1. The quantitative estimate of drug-likeness (QED) is 0.464. The summed E-state index contributed by atoms with van der Waals surface area (Å²) in [7, 11) is 1.46. The second-order valence-corrected chi connectivity index (χ2v) is 6.59. The minimum Gasteiger partial charge on any atom is -0.496 e. The lowest BCUT2D eigenvalue weighted by molar-refractivity contribution is 0.0695. The average Bonchev–Trinajstić information content (AvgIpc) is 2.47. The number of aromatic carboxylic acids is 2. The van der Waals surface area contributed by atoms with Gasteiger partial charge in [0.1, 0.15) is 22.7 Å². The Balaban J connectivity index is 3.02. The number of hydrogen-bond donors (Lipinski definition) is 4. The minimum atomic E-state index is -1.56. The van der Waals surface area contributed by atoms with E-state index in [0.717, 1.165) is 0 Å². The van der Waals surface area contributed by atoms with Crippen LogP contribution in [-0.2, 0) is 0 Å². The van der Waals surface area contributed by atoms with E-state index in [1.165, 1.54) is 13.2 Å². The summed E-state index contributed by atoms with van der Waals surface area (Å²) >= 11 is 5.20. The van der Waals surface area contributed by atoms with Gasteiger partial charge in [-0.25, -0.2) is 9.59 Å². The first-order valence-electron chi connectivity index (χ1n) is 6.24. The van der Waals surface area contributed by atoms with E-state index in [1.807, 2.05) is 22.6 Å². The van der Waals surface area contributed by atoms with Crippen molar-refractivity contribution in [3.05, 3.63) is 41.7 Å². The first-order valence-corrected chi connectivity index (χ1v) is 8.12. The molecule has 0 aliphatic rings. The van der Waals surface area contributed by atoms with Gasteiger partial charge in [0.05, 0.1) is 10.7 Å². The minimum absolute atomic E-state index is 0.202. The fourth-order valence-electron chi connectivity index (χ4n) is 2.19. The number of anilines is 1. The van der Waals surface area contributed by atoms with E-state index in [0.29, 0.717) is 13.8 Å². The van der Waals surface area contributed by atoms with Crippen LogP contribution in [0.5, 0.6) is 5.75 Å². The number of nitrogens with two attached hydrogens (primary N) is 1. The standard InChI is InChI=1S/C14H10BrIN2O6/c1-24-7-3-5(15)4(2-6(7)16)8-9(13(20)21)11(17)18-12(19)10(8)14(22)23/h2-3H,1H3,(H,20,21)(H,22,23)(H3,17,18,19). The lowest BCUT2D eigenvalue weighted by Gasteiger charge is -2.15. The topological polar surface area (TPSA) is 143 Å². The Labute approximate surface area is 156 Å². The molecule has 0 saturated carbocycles. The Morgan fingerprint density at radius 3 is 2.33 bits per heavy atom. The highest BCUT2D eigenvalue weighted by Gasteiger charge is 2.28. The third-order valence-corrected chi connectivity index (χ3v) is 4.68. The van der Waals surface area contributed by atoms with Gasteiger partial charge in [0, 0.05) is 10.0 Å². The third-order valence-electron chi connectivity index (χ3n) is 3.18. The Morgan fingerprint density at radius 2 is 1.83 bits per heavy atom. The van der Waals surface area contributed by atoms with Gasteiger partial charge in [-0.2, -0.15) is 0 Å². The van der Waals surface area contributed by atoms with Crippen LogP contribution in [0.25, 0.3) is 11.1 Å². The molecule has 126 valence electrons. The van der Waals surface area contributed by atoms with E-state index in [-0.39, 0.29) is 11.1 Å². The fraction of sp³-hybridized carbons (Fsp3) is 0.0714. The molecular formula is C14H10BrIN2O6. The van der Waals surface area contributed by atoms with Crippen molar-refractivity contribution in [1.29, 1.82) is 0 Å². The van der Waals surface area contributed by atoms with Crippen LogP contribution in [0.3, 0.4) is 0 Å². The number of rotatable bonds is 4. The molecule has 2 rings (SSSR count). The molecule has 1 heterocycles. The zero-order valence-corrected chi connectivity index (χ0v) is 15.8. The van der Waals surface area contributed by atoms with Gasteiger partial charge in [-0.05, 0) is 40.3 Å². The maximum absolute atomic E-state index is 12.0. The highest BCUT2D eigenvalue weighted by Crippen LogP contribution is 2.38. The summed E-state index contributed by atoms with van der Waals surface area (Å²) in [5, 5.41) is 18.8. The summed E-state index contributed by atoms with van der Waals surface area (Å²) < 4.78 is 6.11. The van der Waals surface area contributed by atoms with Crippen LogP contribution in [0.2, 0.25) is 0 Å². The highest BCUT2D eigenvalue weighted by atomic mass is 127. The lowest BCUT2D eigenvalue weighted by atomic mass is 9.95. The van der Waals surface area contributed by atoms with Gasteiger partial charge < -0.3 is 25.7 Å². The van der Waals surface area contributed by atoms with Crippen molar-refractivity contribution in [3.8, 4) is 16.9 Å². The zero-order valence-electron chi connectivity index (χ0n) is 12.0. The zero-order chi connectivity index (χ0) is 18.2. The molecule has 0 radical (unpaired) electrons. The predicted octanol–water partition coefficient (Wildman–Crippen LogP) is 2.40. The van der Waals surface area contributed by atoms with Crippen molar-refractivity contribution in [3.63, 3.8) is 0 Å². The van der Waals surface area contributed by atoms with E-state index in [1.54, 1.807) is 6.07 Å². The molecule has 24 heavy (non-hydrogen) atoms. The number of H-pyrrole nitrogens is 1. The molecule has 8 nitrogen and oxygen atoms in total. The van der Waals surface area contributed by atoms with Crippen LogP contribution in [0.4, 0.5) is 5.82 Å². The monoisotopic (exact) mass is 508 g/mol. The Kier molecular flexibility index (Phi) is 5.18. The van der Waals surface area contributed by atoms with E-state index in [4.69, 9.17) is 10.5 Å². The molecule has 0 atom stereocenters. The van der Waals surface area contributed by atoms with Crippen molar-refractivity contribution in [2.45, 2.75) is 0 Å². The van der Waals surface area contributed by atoms with Crippen LogP contribution in [0.15, 0.2) is 21.4 Å². The number of benzene rings is 1. The van der Waals surface area contributed by atoms with Gasteiger partial charge in [0.25, 0.3) is 5.56 Å². The van der Waals surface area contributed by atoms with Crippen LogP contribution < -0.4 is 16.0 Å². The second kappa shape index (κ2) is 6.81. The number of halogens is 2. The summed E-state index contributed by atoms with van der Waals surface area (Å²) in [6, 6.07) is 3.06. The van der Waals surface area contributed by atoms with E-state index < -0.39 is 34.4 Å². The molecular weight excluding hydrogens is 499 g/mol. The van der Waals surface area contributed by atoms with Crippen molar-refractivity contribution < 1.29 is 24.5 Å². The molecule has 0 unspecified atom stereocenters. The van der Waals surface area contributed by atoms with Gasteiger partial charge in [0.2, 0.25) is 0 Å². The first kappa shape index (κ1) is 18.3.